The quantitative estimate of drug-likeness (QED) is 0.716. The summed E-state index contributed by atoms with van der Waals surface area (Å²) in [6.45, 7) is 2.00. The van der Waals surface area contributed by atoms with Crippen molar-refractivity contribution in [3.63, 3.8) is 0 Å². The fraction of sp³-hybridized carbons (Fsp3) is 0.111. The van der Waals surface area contributed by atoms with E-state index in [0.717, 1.165) is 31.2 Å². The van der Waals surface area contributed by atoms with E-state index in [1.165, 1.54) is 4.90 Å². The van der Waals surface area contributed by atoms with Gasteiger partial charge in [-0.3, -0.25) is 15.1 Å². The third-order valence-corrected chi connectivity index (χ3v) is 5.82. The van der Waals surface area contributed by atoms with E-state index in [4.69, 9.17) is 5.41 Å². The van der Waals surface area contributed by atoms with Crippen LogP contribution in [0.4, 0.5) is 11.4 Å². The second kappa shape index (κ2) is 5.79. The minimum absolute atomic E-state index is 0.0783. The smallest absolute Gasteiger partial charge is 0.237 e. The largest absolute Gasteiger partial charge is 0.349 e. The molecule has 24 heavy (non-hydrogen) atoms. The van der Waals surface area contributed by atoms with E-state index in [0.29, 0.717) is 5.69 Å². The Kier molecular flexibility index (Phi) is 3.73. The number of para-hydroxylation sites is 1. The Morgan fingerprint density at radius 2 is 2.04 bits per heavy atom. The van der Waals surface area contributed by atoms with Crippen molar-refractivity contribution in [2.24, 2.45) is 0 Å². The molecule has 0 unspecified atom stereocenters. The lowest BCUT2D eigenvalue weighted by Crippen LogP contribution is -2.29. The zero-order valence-corrected chi connectivity index (χ0v) is 15.3. The minimum Gasteiger partial charge on any atom is -0.349 e. The summed E-state index contributed by atoms with van der Waals surface area (Å²) in [6.07, 6.45) is 0.239. The van der Waals surface area contributed by atoms with Crippen LogP contribution in [0.1, 0.15) is 12.0 Å². The van der Waals surface area contributed by atoms with Crippen LogP contribution in [0.3, 0.4) is 0 Å². The topological polar surface area (TPSA) is 56.2 Å². The summed E-state index contributed by atoms with van der Waals surface area (Å²) in [5.41, 5.74) is 3.59. The number of carbonyl (C=O) groups excluding carboxylic acids is 1. The summed E-state index contributed by atoms with van der Waals surface area (Å²) < 4.78 is 0.821. The molecule has 4 rings (SSSR count). The predicted octanol–water partition coefficient (Wildman–Crippen LogP) is 4.90. The molecule has 1 saturated heterocycles. The van der Waals surface area contributed by atoms with Crippen LogP contribution in [0.5, 0.6) is 0 Å². The molecular weight excluding hydrogens is 386 g/mol. The summed E-state index contributed by atoms with van der Waals surface area (Å²) >= 11 is 5.09. The molecule has 0 aromatic heterocycles. The Morgan fingerprint density at radius 1 is 1.25 bits per heavy atom. The van der Waals surface area contributed by atoms with Gasteiger partial charge in [0, 0.05) is 14.9 Å². The van der Waals surface area contributed by atoms with E-state index in [-0.39, 0.29) is 18.2 Å². The molecule has 1 amide bonds. The van der Waals surface area contributed by atoms with E-state index in [1.54, 1.807) is 11.8 Å². The molecule has 0 saturated carbocycles. The molecule has 6 heteroatoms. The molecule has 1 fully saturated rings. The number of nitrogens with one attached hydrogen (secondary N) is 2. The molecule has 2 aliphatic rings. The third-order valence-electron chi connectivity index (χ3n) is 4.05. The SMILES string of the molecule is Cc1ccc(N2C(=N)/C(=C3/Nc4ccccc4S3)CC2=O)c(Br)c1. The van der Waals surface area contributed by atoms with E-state index in [1.807, 2.05) is 49.4 Å². The summed E-state index contributed by atoms with van der Waals surface area (Å²) in [4.78, 5) is 15.2. The van der Waals surface area contributed by atoms with Crippen molar-refractivity contribution in [2.75, 3.05) is 10.2 Å². The zero-order chi connectivity index (χ0) is 16.8. The number of hydrogen-bond donors (Lipinski definition) is 2. The number of amidine groups is 1. The number of thioether (sulfide) groups is 1. The first-order valence-electron chi connectivity index (χ1n) is 7.49. The Morgan fingerprint density at radius 3 is 2.79 bits per heavy atom. The maximum Gasteiger partial charge on any atom is 0.237 e. The van der Waals surface area contributed by atoms with Gasteiger partial charge in [0.2, 0.25) is 5.91 Å². The molecule has 0 spiro atoms. The van der Waals surface area contributed by atoms with Crippen molar-refractivity contribution < 1.29 is 4.79 Å². The molecule has 2 heterocycles. The number of rotatable bonds is 1. The minimum atomic E-state index is -0.0783. The third kappa shape index (κ3) is 2.46. The monoisotopic (exact) mass is 399 g/mol. The second-order valence-corrected chi connectivity index (χ2v) is 7.65. The summed E-state index contributed by atoms with van der Waals surface area (Å²) in [7, 11) is 0. The number of aryl methyl sites for hydroxylation is 1. The number of nitrogens with zero attached hydrogens (tertiary/aromatic N) is 1. The lowest BCUT2D eigenvalue weighted by Gasteiger charge is -2.18. The maximum absolute atomic E-state index is 12.6. The second-order valence-electron chi connectivity index (χ2n) is 5.74. The van der Waals surface area contributed by atoms with Crippen LogP contribution in [0.15, 0.2) is 62.4 Å². The molecular formula is C18H14BrN3OS. The van der Waals surface area contributed by atoms with Crippen molar-refractivity contribution in [3.05, 3.63) is 63.1 Å². The van der Waals surface area contributed by atoms with Gasteiger partial charge >= 0.3 is 0 Å². The average molecular weight is 400 g/mol. The fourth-order valence-corrected chi connectivity index (χ4v) is 4.58. The van der Waals surface area contributed by atoms with Gasteiger partial charge < -0.3 is 5.32 Å². The molecule has 0 aliphatic carbocycles. The van der Waals surface area contributed by atoms with Gasteiger partial charge in [-0.05, 0) is 52.7 Å². The first kappa shape index (κ1) is 15.5. The van der Waals surface area contributed by atoms with Crippen LogP contribution >= 0.6 is 27.7 Å². The molecule has 2 N–H and O–H groups in total. The van der Waals surface area contributed by atoms with Gasteiger partial charge in [0.05, 0.1) is 22.8 Å². The number of fused-ring (bicyclic) bond motifs is 1. The predicted molar refractivity (Wildman–Crippen MR) is 102 cm³/mol. The van der Waals surface area contributed by atoms with Gasteiger partial charge in [0.25, 0.3) is 0 Å². The lowest BCUT2D eigenvalue weighted by atomic mass is 10.2. The summed E-state index contributed by atoms with van der Waals surface area (Å²) in [5, 5.41) is 12.7. The Balaban J connectivity index is 1.71. The van der Waals surface area contributed by atoms with Crippen molar-refractivity contribution in [1.82, 2.24) is 0 Å². The number of hydrogen-bond acceptors (Lipinski definition) is 4. The Bertz CT molecular complexity index is 895. The molecule has 4 nitrogen and oxygen atoms in total. The number of amides is 1. The first-order valence-corrected chi connectivity index (χ1v) is 9.10. The van der Waals surface area contributed by atoms with Gasteiger partial charge in [0.1, 0.15) is 5.84 Å². The van der Waals surface area contributed by atoms with Gasteiger partial charge in [-0.2, -0.15) is 0 Å². The van der Waals surface area contributed by atoms with Crippen LogP contribution in [0.2, 0.25) is 0 Å². The highest BCUT2D eigenvalue weighted by molar-refractivity contribution is 9.10. The first-order chi connectivity index (χ1) is 11.5. The zero-order valence-electron chi connectivity index (χ0n) is 12.9. The summed E-state index contributed by atoms with van der Waals surface area (Å²) in [5.74, 6) is 0.165. The van der Waals surface area contributed by atoms with Crippen molar-refractivity contribution in [1.29, 1.82) is 5.41 Å². The fourth-order valence-electron chi connectivity index (χ4n) is 2.86. The highest BCUT2D eigenvalue weighted by Crippen LogP contribution is 2.44. The highest BCUT2D eigenvalue weighted by Gasteiger charge is 2.36. The van der Waals surface area contributed by atoms with Crippen LogP contribution in [-0.2, 0) is 4.79 Å². The average Bonchev–Trinajstić information content (AvgIpc) is 3.09. The molecule has 0 atom stereocenters. The van der Waals surface area contributed by atoms with E-state index >= 15 is 0 Å². The van der Waals surface area contributed by atoms with Crippen molar-refractivity contribution in [2.45, 2.75) is 18.2 Å². The Labute approximate surface area is 152 Å². The maximum atomic E-state index is 12.6. The number of halogens is 1. The van der Waals surface area contributed by atoms with E-state index in [2.05, 4.69) is 21.2 Å². The van der Waals surface area contributed by atoms with Crippen LogP contribution < -0.4 is 10.2 Å². The molecule has 0 bridgehead atoms. The number of benzene rings is 2. The van der Waals surface area contributed by atoms with Crippen molar-refractivity contribution in [3.8, 4) is 0 Å². The molecule has 2 aromatic rings. The molecule has 2 aromatic carbocycles. The van der Waals surface area contributed by atoms with Crippen LogP contribution in [0, 0.1) is 12.3 Å². The van der Waals surface area contributed by atoms with E-state index < -0.39 is 0 Å². The molecule has 0 radical (unpaired) electrons. The molecule has 120 valence electrons. The van der Waals surface area contributed by atoms with Gasteiger partial charge in [0.15, 0.2) is 0 Å². The van der Waals surface area contributed by atoms with Gasteiger partial charge in [-0.1, -0.05) is 30.0 Å². The molecule has 2 aliphatic heterocycles. The van der Waals surface area contributed by atoms with E-state index in [9.17, 15) is 4.79 Å². The number of carbonyl (C=O) groups is 1. The van der Waals surface area contributed by atoms with Gasteiger partial charge in [-0.25, -0.2) is 0 Å². The van der Waals surface area contributed by atoms with Crippen LogP contribution in [-0.4, -0.2) is 11.7 Å². The van der Waals surface area contributed by atoms with Crippen molar-refractivity contribution >= 4 is 50.8 Å². The van der Waals surface area contributed by atoms with Crippen LogP contribution in [0.25, 0.3) is 0 Å². The Hall–Kier alpha value is -2.05. The number of anilines is 2. The summed E-state index contributed by atoms with van der Waals surface area (Å²) in [6, 6.07) is 13.8. The van der Waals surface area contributed by atoms with Gasteiger partial charge in [-0.15, -0.1) is 0 Å². The highest BCUT2D eigenvalue weighted by atomic mass is 79.9. The standard InChI is InChI=1S/C18H14BrN3OS/c1-10-6-7-14(12(19)8-10)22-16(23)9-11(17(22)20)18-21-13-4-2-3-5-15(13)24-18/h2-8,20-21H,9H2,1H3/b18-11-,20-17?. The lowest BCUT2D eigenvalue weighted by molar-refractivity contribution is -0.116. The normalized spacial score (nSPS) is 19.7.